The molecule has 0 radical (unpaired) electrons. The third-order valence-electron chi connectivity index (χ3n) is 1.81. The standard InChI is InChI=1S/C10H23NO/c1-9(2,3)8(11)7-12-10(4,5)6/h8H,7,11H2,1-6H3/t8-/m1/s1. The molecule has 0 unspecified atom stereocenters. The lowest BCUT2D eigenvalue weighted by Crippen LogP contribution is -2.41. The summed E-state index contributed by atoms with van der Waals surface area (Å²) < 4.78 is 5.59. The van der Waals surface area contributed by atoms with Gasteiger partial charge in [0.15, 0.2) is 0 Å². The number of hydrogen-bond acceptors (Lipinski definition) is 2. The Morgan fingerprint density at radius 1 is 1.08 bits per heavy atom. The van der Waals surface area contributed by atoms with Crippen LogP contribution < -0.4 is 5.73 Å². The third-order valence-corrected chi connectivity index (χ3v) is 1.81. The largest absolute Gasteiger partial charge is 0.374 e. The van der Waals surface area contributed by atoms with Crippen LogP contribution in [0.25, 0.3) is 0 Å². The van der Waals surface area contributed by atoms with Gasteiger partial charge in [0.1, 0.15) is 0 Å². The van der Waals surface area contributed by atoms with Gasteiger partial charge in [0, 0.05) is 6.04 Å². The van der Waals surface area contributed by atoms with E-state index < -0.39 is 0 Å². The Balaban J connectivity index is 3.80. The smallest absolute Gasteiger partial charge is 0.0629 e. The van der Waals surface area contributed by atoms with Crippen LogP contribution in [0.4, 0.5) is 0 Å². The average molecular weight is 173 g/mol. The van der Waals surface area contributed by atoms with E-state index >= 15 is 0 Å². The van der Waals surface area contributed by atoms with Crippen molar-refractivity contribution in [1.82, 2.24) is 0 Å². The van der Waals surface area contributed by atoms with Gasteiger partial charge in [-0.05, 0) is 26.2 Å². The van der Waals surface area contributed by atoms with E-state index in [1.807, 2.05) is 20.8 Å². The van der Waals surface area contributed by atoms with Gasteiger partial charge >= 0.3 is 0 Å². The summed E-state index contributed by atoms with van der Waals surface area (Å²) in [6, 6.07) is 0.108. The molecule has 0 aliphatic carbocycles. The van der Waals surface area contributed by atoms with E-state index in [1.165, 1.54) is 0 Å². The van der Waals surface area contributed by atoms with Crippen LogP contribution in [0.5, 0.6) is 0 Å². The van der Waals surface area contributed by atoms with Gasteiger partial charge < -0.3 is 10.5 Å². The first kappa shape index (κ1) is 11.9. The van der Waals surface area contributed by atoms with Gasteiger partial charge in [0.25, 0.3) is 0 Å². The fourth-order valence-electron chi connectivity index (χ4n) is 0.590. The van der Waals surface area contributed by atoms with Crippen molar-refractivity contribution >= 4 is 0 Å². The zero-order valence-corrected chi connectivity index (χ0v) is 9.27. The third kappa shape index (κ3) is 5.56. The van der Waals surface area contributed by atoms with Crippen LogP contribution in [0, 0.1) is 5.41 Å². The summed E-state index contributed by atoms with van der Waals surface area (Å²) in [6.07, 6.45) is 0. The number of nitrogens with two attached hydrogens (primary N) is 1. The van der Waals surface area contributed by atoms with Crippen molar-refractivity contribution in [2.24, 2.45) is 11.1 Å². The predicted molar refractivity (Wildman–Crippen MR) is 53.1 cm³/mol. The molecule has 0 aromatic rings. The zero-order valence-electron chi connectivity index (χ0n) is 9.27. The first-order chi connectivity index (χ1) is 5.13. The molecule has 0 saturated carbocycles. The molecule has 0 fully saturated rings. The van der Waals surface area contributed by atoms with Gasteiger partial charge in [0.2, 0.25) is 0 Å². The van der Waals surface area contributed by atoms with Crippen LogP contribution in [-0.4, -0.2) is 18.2 Å². The molecule has 12 heavy (non-hydrogen) atoms. The summed E-state index contributed by atoms with van der Waals surface area (Å²) in [7, 11) is 0. The summed E-state index contributed by atoms with van der Waals surface area (Å²) in [6.45, 7) is 13.2. The van der Waals surface area contributed by atoms with Crippen molar-refractivity contribution in [1.29, 1.82) is 0 Å². The zero-order chi connectivity index (χ0) is 9.99. The highest BCUT2D eigenvalue weighted by atomic mass is 16.5. The van der Waals surface area contributed by atoms with Crippen LogP contribution in [0.1, 0.15) is 41.5 Å². The van der Waals surface area contributed by atoms with Crippen molar-refractivity contribution < 1.29 is 4.74 Å². The quantitative estimate of drug-likeness (QED) is 0.694. The number of ether oxygens (including phenoxy) is 1. The molecule has 0 aromatic carbocycles. The SMILES string of the molecule is CC(C)(C)OC[C@@H](N)C(C)(C)C. The summed E-state index contributed by atoms with van der Waals surface area (Å²) in [5, 5.41) is 0. The molecule has 0 aliphatic heterocycles. The van der Waals surface area contributed by atoms with E-state index in [2.05, 4.69) is 20.8 Å². The van der Waals surface area contributed by atoms with Crippen LogP contribution in [0.15, 0.2) is 0 Å². The van der Waals surface area contributed by atoms with Crippen molar-refractivity contribution in [2.75, 3.05) is 6.61 Å². The Labute approximate surface area is 76.5 Å². The molecule has 0 heterocycles. The van der Waals surface area contributed by atoms with Crippen LogP contribution in [0.3, 0.4) is 0 Å². The van der Waals surface area contributed by atoms with Gasteiger partial charge in [-0.25, -0.2) is 0 Å². The topological polar surface area (TPSA) is 35.2 Å². The Morgan fingerprint density at radius 3 is 1.75 bits per heavy atom. The lowest BCUT2D eigenvalue weighted by molar-refractivity contribution is -0.0226. The summed E-state index contributed by atoms with van der Waals surface area (Å²) in [5.41, 5.74) is 5.98. The Kier molecular flexibility index (Phi) is 3.73. The molecule has 2 nitrogen and oxygen atoms in total. The molecular formula is C10H23NO. The Bertz CT molecular complexity index is 130. The second-order valence-corrected chi connectivity index (χ2v) is 5.40. The molecule has 0 aromatic heterocycles. The fourth-order valence-corrected chi connectivity index (χ4v) is 0.590. The van der Waals surface area contributed by atoms with E-state index in [0.29, 0.717) is 6.61 Å². The number of rotatable bonds is 2. The number of hydrogen-bond donors (Lipinski definition) is 1. The van der Waals surface area contributed by atoms with Crippen LogP contribution in [0.2, 0.25) is 0 Å². The summed E-state index contributed by atoms with van der Waals surface area (Å²) in [5.74, 6) is 0. The minimum atomic E-state index is -0.0805. The van der Waals surface area contributed by atoms with E-state index in [9.17, 15) is 0 Å². The van der Waals surface area contributed by atoms with Gasteiger partial charge in [-0.2, -0.15) is 0 Å². The van der Waals surface area contributed by atoms with Gasteiger partial charge in [0.05, 0.1) is 12.2 Å². The molecule has 0 saturated heterocycles. The first-order valence-electron chi connectivity index (χ1n) is 4.52. The minimum Gasteiger partial charge on any atom is -0.374 e. The molecule has 1 atom stereocenters. The molecule has 74 valence electrons. The second kappa shape index (κ2) is 3.75. The maximum Gasteiger partial charge on any atom is 0.0629 e. The van der Waals surface area contributed by atoms with Crippen molar-refractivity contribution in [3.8, 4) is 0 Å². The molecule has 2 heteroatoms. The second-order valence-electron chi connectivity index (χ2n) is 5.40. The summed E-state index contributed by atoms with van der Waals surface area (Å²) in [4.78, 5) is 0. The molecule has 0 amide bonds. The summed E-state index contributed by atoms with van der Waals surface area (Å²) >= 11 is 0. The normalized spacial score (nSPS) is 16.2. The van der Waals surface area contributed by atoms with E-state index in [4.69, 9.17) is 10.5 Å². The molecule has 0 rings (SSSR count). The van der Waals surface area contributed by atoms with E-state index in [0.717, 1.165) is 0 Å². The Morgan fingerprint density at radius 2 is 1.50 bits per heavy atom. The highest BCUT2D eigenvalue weighted by molar-refractivity contribution is 4.77. The highest BCUT2D eigenvalue weighted by Gasteiger charge is 2.22. The highest BCUT2D eigenvalue weighted by Crippen LogP contribution is 2.19. The molecule has 0 spiro atoms. The fraction of sp³-hybridized carbons (Fsp3) is 1.00. The lowest BCUT2D eigenvalue weighted by Gasteiger charge is -2.30. The maximum absolute atomic E-state index is 5.93. The predicted octanol–water partition coefficient (Wildman–Crippen LogP) is 2.17. The molecule has 0 aliphatic rings. The van der Waals surface area contributed by atoms with Gasteiger partial charge in [-0.3, -0.25) is 0 Å². The Hall–Kier alpha value is -0.0800. The van der Waals surface area contributed by atoms with Crippen LogP contribution >= 0.6 is 0 Å². The molecular weight excluding hydrogens is 150 g/mol. The molecule has 0 bridgehead atoms. The molecule has 2 N–H and O–H groups in total. The van der Waals surface area contributed by atoms with Crippen molar-refractivity contribution in [2.45, 2.75) is 53.2 Å². The monoisotopic (exact) mass is 173 g/mol. The van der Waals surface area contributed by atoms with Crippen molar-refractivity contribution in [3.05, 3.63) is 0 Å². The lowest BCUT2D eigenvalue weighted by atomic mass is 9.88. The first-order valence-corrected chi connectivity index (χ1v) is 4.52. The van der Waals surface area contributed by atoms with Crippen LogP contribution in [-0.2, 0) is 4.74 Å². The maximum atomic E-state index is 5.93. The van der Waals surface area contributed by atoms with Gasteiger partial charge in [-0.1, -0.05) is 20.8 Å². The van der Waals surface area contributed by atoms with E-state index in [-0.39, 0.29) is 17.1 Å². The average Bonchev–Trinajstić information content (AvgIpc) is 1.78. The minimum absolute atomic E-state index is 0.0805. The van der Waals surface area contributed by atoms with Crippen molar-refractivity contribution in [3.63, 3.8) is 0 Å². The van der Waals surface area contributed by atoms with E-state index in [1.54, 1.807) is 0 Å². The van der Waals surface area contributed by atoms with Gasteiger partial charge in [-0.15, -0.1) is 0 Å².